The fourth-order valence-corrected chi connectivity index (χ4v) is 2.63. The van der Waals surface area contributed by atoms with Crippen LogP contribution in [0, 0.1) is 6.92 Å². The standard InChI is InChI=1S/C20H23ClN2O5/c1-12-8-15(21)6-7-16(12)28-13(2)20(24)23-22-11-14-9-18(26-4)19(27-5)10-17(14)25-3/h6-11,13H,1-5H3,(H,23,24). The van der Waals surface area contributed by atoms with Crippen molar-refractivity contribution < 1.29 is 23.7 Å². The first-order valence-electron chi connectivity index (χ1n) is 8.45. The average Bonchev–Trinajstić information content (AvgIpc) is 2.69. The lowest BCUT2D eigenvalue weighted by atomic mass is 10.2. The third kappa shape index (κ3) is 5.29. The van der Waals surface area contributed by atoms with Crippen molar-refractivity contribution in [3.63, 3.8) is 0 Å². The summed E-state index contributed by atoms with van der Waals surface area (Å²) in [6.45, 7) is 3.49. The van der Waals surface area contributed by atoms with Gasteiger partial charge in [-0.1, -0.05) is 11.6 Å². The van der Waals surface area contributed by atoms with E-state index in [1.165, 1.54) is 27.5 Å². The molecule has 28 heavy (non-hydrogen) atoms. The fourth-order valence-electron chi connectivity index (χ4n) is 2.40. The van der Waals surface area contributed by atoms with Crippen LogP contribution >= 0.6 is 11.6 Å². The van der Waals surface area contributed by atoms with Gasteiger partial charge in [0.15, 0.2) is 17.6 Å². The molecule has 2 aromatic rings. The maximum Gasteiger partial charge on any atom is 0.280 e. The molecule has 0 aliphatic rings. The van der Waals surface area contributed by atoms with Crippen molar-refractivity contribution in [3.8, 4) is 23.0 Å². The minimum absolute atomic E-state index is 0.398. The van der Waals surface area contributed by atoms with E-state index in [0.29, 0.717) is 33.6 Å². The third-order valence-electron chi connectivity index (χ3n) is 3.92. The maximum atomic E-state index is 12.2. The largest absolute Gasteiger partial charge is 0.496 e. The molecule has 0 saturated heterocycles. The van der Waals surface area contributed by atoms with Crippen molar-refractivity contribution >= 4 is 23.7 Å². The molecule has 0 bridgehead atoms. The number of carbonyl (C=O) groups excluding carboxylic acids is 1. The van der Waals surface area contributed by atoms with Gasteiger partial charge in [0.1, 0.15) is 11.5 Å². The number of rotatable bonds is 8. The number of methoxy groups -OCH3 is 3. The molecule has 0 aromatic heterocycles. The minimum atomic E-state index is -0.746. The molecule has 0 radical (unpaired) electrons. The highest BCUT2D eigenvalue weighted by atomic mass is 35.5. The molecule has 8 heteroatoms. The SMILES string of the molecule is COc1cc(OC)c(OC)cc1C=NNC(=O)C(C)Oc1ccc(Cl)cc1C. The number of nitrogens with one attached hydrogen (secondary N) is 1. The normalized spacial score (nSPS) is 11.8. The van der Waals surface area contributed by atoms with Gasteiger partial charge in [0.05, 0.1) is 27.5 Å². The highest BCUT2D eigenvalue weighted by molar-refractivity contribution is 6.30. The summed E-state index contributed by atoms with van der Waals surface area (Å²) in [6.07, 6.45) is 0.711. The van der Waals surface area contributed by atoms with E-state index in [4.69, 9.17) is 30.5 Å². The number of hydrogen-bond acceptors (Lipinski definition) is 6. The molecule has 2 rings (SSSR count). The van der Waals surface area contributed by atoms with Crippen LogP contribution in [0.2, 0.25) is 5.02 Å². The van der Waals surface area contributed by atoms with Crippen molar-refractivity contribution in [3.05, 3.63) is 46.5 Å². The Labute approximate surface area is 169 Å². The Kier molecular flexibility index (Phi) is 7.52. The fraction of sp³-hybridized carbons (Fsp3) is 0.300. The Hall–Kier alpha value is -2.93. The molecule has 0 fully saturated rings. The van der Waals surface area contributed by atoms with Gasteiger partial charge in [-0.2, -0.15) is 5.10 Å². The predicted molar refractivity (Wildman–Crippen MR) is 108 cm³/mol. The topological polar surface area (TPSA) is 78.4 Å². The van der Waals surface area contributed by atoms with Gasteiger partial charge in [0.2, 0.25) is 0 Å². The zero-order chi connectivity index (χ0) is 20.7. The van der Waals surface area contributed by atoms with Gasteiger partial charge in [-0.3, -0.25) is 4.79 Å². The number of halogens is 1. The lowest BCUT2D eigenvalue weighted by Gasteiger charge is -2.15. The number of carbonyl (C=O) groups is 1. The van der Waals surface area contributed by atoms with Crippen molar-refractivity contribution in [1.29, 1.82) is 0 Å². The van der Waals surface area contributed by atoms with Crippen LogP contribution in [-0.4, -0.2) is 39.6 Å². The zero-order valence-electron chi connectivity index (χ0n) is 16.4. The number of benzene rings is 2. The summed E-state index contributed by atoms with van der Waals surface area (Å²) < 4.78 is 21.5. The molecule has 0 aliphatic carbocycles. The Balaban J connectivity index is 2.06. The Bertz CT molecular complexity index is 870. The summed E-state index contributed by atoms with van der Waals surface area (Å²) in [7, 11) is 4.60. The summed E-state index contributed by atoms with van der Waals surface area (Å²) in [6, 6.07) is 8.57. The lowest BCUT2D eigenvalue weighted by Crippen LogP contribution is -2.33. The second-order valence-corrected chi connectivity index (χ2v) is 6.29. The molecule has 0 spiro atoms. The molecule has 7 nitrogen and oxygen atoms in total. The summed E-state index contributed by atoms with van der Waals surface area (Å²) in [5.74, 6) is 1.76. The van der Waals surface area contributed by atoms with E-state index in [-0.39, 0.29) is 0 Å². The van der Waals surface area contributed by atoms with Gasteiger partial charge in [-0.15, -0.1) is 0 Å². The second kappa shape index (κ2) is 9.85. The highest BCUT2D eigenvalue weighted by Gasteiger charge is 2.15. The van der Waals surface area contributed by atoms with Crippen molar-refractivity contribution in [2.75, 3.05) is 21.3 Å². The Morgan fingerprint density at radius 3 is 2.29 bits per heavy atom. The molecule has 2 aromatic carbocycles. The summed E-state index contributed by atoms with van der Waals surface area (Å²) >= 11 is 5.93. The Morgan fingerprint density at radius 1 is 1.04 bits per heavy atom. The van der Waals surface area contributed by atoms with Crippen LogP contribution in [0.4, 0.5) is 0 Å². The van der Waals surface area contributed by atoms with E-state index in [2.05, 4.69) is 10.5 Å². The first kappa shape index (κ1) is 21.4. The molecule has 0 aliphatic heterocycles. The molecule has 1 unspecified atom stereocenters. The van der Waals surface area contributed by atoms with Gasteiger partial charge in [0.25, 0.3) is 5.91 Å². The minimum Gasteiger partial charge on any atom is -0.496 e. The predicted octanol–water partition coefficient (Wildman–Crippen LogP) is 3.59. The molecule has 1 atom stereocenters. The van der Waals surface area contributed by atoms with Gasteiger partial charge in [-0.25, -0.2) is 5.43 Å². The third-order valence-corrected chi connectivity index (χ3v) is 4.16. The van der Waals surface area contributed by atoms with Crippen LogP contribution in [0.3, 0.4) is 0 Å². The van der Waals surface area contributed by atoms with E-state index < -0.39 is 12.0 Å². The van der Waals surface area contributed by atoms with Crippen LogP contribution in [0.15, 0.2) is 35.4 Å². The van der Waals surface area contributed by atoms with Crippen molar-refractivity contribution in [2.45, 2.75) is 20.0 Å². The quantitative estimate of drug-likeness (QED) is 0.535. The average molecular weight is 407 g/mol. The number of ether oxygens (including phenoxy) is 4. The molecule has 1 amide bonds. The van der Waals surface area contributed by atoms with Gasteiger partial charge < -0.3 is 18.9 Å². The molecule has 1 N–H and O–H groups in total. The van der Waals surface area contributed by atoms with Crippen LogP contribution in [0.25, 0.3) is 0 Å². The highest BCUT2D eigenvalue weighted by Crippen LogP contribution is 2.33. The molecular formula is C20H23ClN2O5. The van der Waals surface area contributed by atoms with Crippen LogP contribution in [0.5, 0.6) is 23.0 Å². The number of hydrogen-bond donors (Lipinski definition) is 1. The molecular weight excluding hydrogens is 384 g/mol. The van der Waals surface area contributed by atoms with Crippen LogP contribution in [0.1, 0.15) is 18.1 Å². The Morgan fingerprint density at radius 2 is 1.68 bits per heavy atom. The van der Waals surface area contributed by atoms with E-state index >= 15 is 0 Å². The van der Waals surface area contributed by atoms with E-state index in [1.807, 2.05) is 6.92 Å². The monoisotopic (exact) mass is 406 g/mol. The maximum absolute atomic E-state index is 12.2. The smallest absolute Gasteiger partial charge is 0.280 e. The van der Waals surface area contributed by atoms with Crippen LogP contribution in [-0.2, 0) is 4.79 Å². The van der Waals surface area contributed by atoms with E-state index in [0.717, 1.165) is 5.56 Å². The summed E-state index contributed by atoms with van der Waals surface area (Å²) in [5, 5.41) is 4.59. The lowest BCUT2D eigenvalue weighted by molar-refractivity contribution is -0.127. The van der Waals surface area contributed by atoms with Gasteiger partial charge in [0, 0.05) is 16.7 Å². The molecule has 150 valence electrons. The number of amides is 1. The summed E-state index contributed by atoms with van der Waals surface area (Å²) in [4.78, 5) is 12.2. The molecule has 0 saturated carbocycles. The first-order chi connectivity index (χ1) is 13.4. The van der Waals surface area contributed by atoms with Gasteiger partial charge in [-0.05, 0) is 43.7 Å². The van der Waals surface area contributed by atoms with E-state index in [9.17, 15) is 4.79 Å². The van der Waals surface area contributed by atoms with Crippen molar-refractivity contribution in [2.24, 2.45) is 5.10 Å². The zero-order valence-corrected chi connectivity index (χ0v) is 17.2. The van der Waals surface area contributed by atoms with Gasteiger partial charge >= 0.3 is 0 Å². The van der Waals surface area contributed by atoms with E-state index in [1.54, 1.807) is 37.3 Å². The van der Waals surface area contributed by atoms with Crippen LogP contribution < -0.4 is 24.4 Å². The first-order valence-corrected chi connectivity index (χ1v) is 8.83. The van der Waals surface area contributed by atoms with Crippen molar-refractivity contribution in [1.82, 2.24) is 5.43 Å². The number of nitrogens with zero attached hydrogens (tertiary/aromatic N) is 1. The number of hydrazone groups is 1. The molecule has 0 heterocycles. The number of aryl methyl sites for hydroxylation is 1. The summed E-state index contributed by atoms with van der Waals surface area (Å²) in [5.41, 5.74) is 3.90. The second-order valence-electron chi connectivity index (χ2n) is 5.85.